The molecule has 1 saturated heterocycles. The predicted octanol–water partition coefficient (Wildman–Crippen LogP) is 3.99. The fourth-order valence-corrected chi connectivity index (χ4v) is 3.82. The zero-order valence-corrected chi connectivity index (χ0v) is 16.0. The lowest BCUT2D eigenvalue weighted by Crippen LogP contribution is -2.44. The van der Waals surface area contributed by atoms with E-state index in [9.17, 15) is 22.8 Å². The van der Waals surface area contributed by atoms with Crippen molar-refractivity contribution in [1.82, 2.24) is 15.2 Å². The first-order valence-corrected chi connectivity index (χ1v) is 9.61. The number of rotatable bonds is 5. The summed E-state index contributed by atoms with van der Waals surface area (Å²) in [6.07, 6.45) is -1.96. The molecule has 1 aliphatic heterocycles. The Kier molecular flexibility index (Phi) is 5.24. The molecule has 0 aliphatic carbocycles. The van der Waals surface area contributed by atoms with E-state index in [1.807, 2.05) is 30.5 Å². The molecule has 1 aromatic heterocycles. The van der Waals surface area contributed by atoms with Gasteiger partial charge in [-0.15, -0.1) is 0 Å². The summed E-state index contributed by atoms with van der Waals surface area (Å²) in [7, 11) is 0. The third-order valence-corrected chi connectivity index (χ3v) is 5.37. The first-order chi connectivity index (χ1) is 14.3. The topological polar surface area (TPSA) is 65.2 Å². The summed E-state index contributed by atoms with van der Waals surface area (Å²) >= 11 is 0. The molecule has 0 spiro atoms. The molecule has 2 amide bonds. The van der Waals surface area contributed by atoms with Crippen molar-refractivity contribution in [3.05, 3.63) is 71.4 Å². The number of carbonyl (C=O) groups excluding carboxylic acids is 2. The molecule has 8 heteroatoms. The highest BCUT2D eigenvalue weighted by atomic mass is 19.4. The monoisotopic (exact) mass is 415 g/mol. The molecule has 3 aromatic rings. The van der Waals surface area contributed by atoms with E-state index in [1.165, 1.54) is 17.0 Å². The number of nitrogens with zero attached hydrogens (tertiary/aromatic N) is 1. The van der Waals surface area contributed by atoms with Gasteiger partial charge in [-0.1, -0.05) is 30.3 Å². The Labute approximate surface area is 170 Å². The summed E-state index contributed by atoms with van der Waals surface area (Å²) in [5, 5.41) is 3.67. The van der Waals surface area contributed by atoms with Gasteiger partial charge in [0, 0.05) is 36.6 Å². The lowest BCUT2D eigenvalue weighted by Gasteiger charge is -2.24. The van der Waals surface area contributed by atoms with Crippen LogP contribution in [0, 0.1) is 0 Å². The largest absolute Gasteiger partial charge is 0.416 e. The van der Waals surface area contributed by atoms with Gasteiger partial charge in [0.15, 0.2) is 0 Å². The number of amides is 2. The van der Waals surface area contributed by atoms with Gasteiger partial charge >= 0.3 is 6.18 Å². The highest BCUT2D eigenvalue weighted by molar-refractivity contribution is 5.91. The van der Waals surface area contributed by atoms with Crippen LogP contribution in [0.3, 0.4) is 0 Å². The molecule has 1 atom stereocenters. The second kappa shape index (κ2) is 7.85. The minimum absolute atomic E-state index is 0.0334. The molecule has 4 rings (SSSR count). The average molecular weight is 415 g/mol. The minimum Gasteiger partial charge on any atom is -0.361 e. The van der Waals surface area contributed by atoms with Gasteiger partial charge in [-0.2, -0.15) is 13.2 Å². The Morgan fingerprint density at radius 3 is 2.77 bits per heavy atom. The molecule has 156 valence electrons. The number of hydrogen-bond donors (Lipinski definition) is 2. The molecular formula is C22H20F3N3O2. The second-order valence-corrected chi connectivity index (χ2v) is 7.35. The van der Waals surface area contributed by atoms with E-state index in [4.69, 9.17) is 0 Å². The third-order valence-electron chi connectivity index (χ3n) is 5.37. The summed E-state index contributed by atoms with van der Waals surface area (Å²) < 4.78 is 38.6. The van der Waals surface area contributed by atoms with Crippen LogP contribution in [0.4, 0.5) is 13.2 Å². The number of aromatic amines is 1. The lowest BCUT2D eigenvalue weighted by molar-refractivity contribution is -0.137. The Bertz CT molecular complexity index is 1090. The van der Waals surface area contributed by atoms with Crippen molar-refractivity contribution in [2.45, 2.75) is 38.1 Å². The summed E-state index contributed by atoms with van der Waals surface area (Å²) in [5.74, 6) is -0.474. The summed E-state index contributed by atoms with van der Waals surface area (Å²) in [6, 6.07) is 11.9. The first kappa shape index (κ1) is 20.0. The van der Waals surface area contributed by atoms with Gasteiger partial charge < -0.3 is 15.2 Å². The Hall–Kier alpha value is -3.29. The zero-order valence-electron chi connectivity index (χ0n) is 16.0. The van der Waals surface area contributed by atoms with E-state index in [0.29, 0.717) is 18.5 Å². The van der Waals surface area contributed by atoms with Gasteiger partial charge in [-0.3, -0.25) is 9.59 Å². The summed E-state index contributed by atoms with van der Waals surface area (Å²) in [6.45, 7) is 0.263. The van der Waals surface area contributed by atoms with Crippen molar-refractivity contribution in [2.75, 3.05) is 0 Å². The number of halogens is 3. The van der Waals surface area contributed by atoms with Gasteiger partial charge in [-0.05, 0) is 35.7 Å². The number of likely N-dealkylation sites (tertiary alicyclic amines) is 1. The summed E-state index contributed by atoms with van der Waals surface area (Å²) in [5.41, 5.74) is 1.46. The van der Waals surface area contributed by atoms with Gasteiger partial charge in [0.2, 0.25) is 11.8 Å². The number of nitrogens with one attached hydrogen (secondary N) is 2. The number of hydrogen-bond acceptors (Lipinski definition) is 2. The zero-order chi connectivity index (χ0) is 21.3. The van der Waals surface area contributed by atoms with E-state index in [0.717, 1.165) is 28.6 Å². The van der Waals surface area contributed by atoms with Crippen molar-refractivity contribution in [3.63, 3.8) is 0 Å². The molecule has 30 heavy (non-hydrogen) atoms. The number of H-pyrrole nitrogens is 1. The van der Waals surface area contributed by atoms with Crippen LogP contribution in [0.25, 0.3) is 10.9 Å². The quantitative estimate of drug-likeness (QED) is 0.662. The predicted molar refractivity (Wildman–Crippen MR) is 105 cm³/mol. The van der Waals surface area contributed by atoms with Gasteiger partial charge in [0.25, 0.3) is 0 Å². The van der Waals surface area contributed by atoms with Crippen LogP contribution in [-0.2, 0) is 28.9 Å². The smallest absolute Gasteiger partial charge is 0.361 e. The van der Waals surface area contributed by atoms with E-state index >= 15 is 0 Å². The maximum atomic E-state index is 12.9. The lowest BCUT2D eigenvalue weighted by atomic mass is 10.1. The highest BCUT2D eigenvalue weighted by Gasteiger charge is 2.36. The number of alkyl halides is 3. The van der Waals surface area contributed by atoms with Crippen molar-refractivity contribution < 1.29 is 22.8 Å². The Morgan fingerprint density at radius 2 is 1.97 bits per heavy atom. The number of carbonyl (C=O) groups is 2. The van der Waals surface area contributed by atoms with Crippen LogP contribution in [0.2, 0.25) is 0 Å². The van der Waals surface area contributed by atoms with Crippen molar-refractivity contribution >= 4 is 22.7 Å². The van der Waals surface area contributed by atoms with E-state index < -0.39 is 17.8 Å². The molecule has 2 heterocycles. The Morgan fingerprint density at radius 1 is 1.17 bits per heavy atom. The fourth-order valence-electron chi connectivity index (χ4n) is 3.82. The van der Waals surface area contributed by atoms with Crippen LogP contribution >= 0.6 is 0 Å². The molecule has 0 radical (unpaired) electrons. The van der Waals surface area contributed by atoms with Crippen LogP contribution in [0.5, 0.6) is 0 Å². The van der Waals surface area contributed by atoms with Crippen molar-refractivity contribution in [2.24, 2.45) is 0 Å². The van der Waals surface area contributed by atoms with Gasteiger partial charge in [0.05, 0.1) is 5.56 Å². The Balaban J connectivity index is 1.45. The number of fused-ring (bicyclic) bond motifs is 1. The third kappa shape index (κ3) is 4.03. The molecule has 0 saturated carbocycles. The molecule has 1 fully saturated rings. The molecule has 1 aliphatic rings. The maximum Gasteiger partial charge on any atom is 0.416 e. The van der Waals surface area contributed by atoms with Crippen LogP contribution in [0.1, 0.15) is 29.5 Å². The van der Waals surface area contributed by atoms with E-state index in [1.54, 1.807) is 0 Å². The number of aromatic nitrogens is 1. The van der Waals surface area contributed by atoms with E-state index in [-0.39, 0.29) is 24.8 Å². The molecule has 0 bridgehead atoms. The standard InChI is InChI=1S/C22H20F3N3O2/c23-22(24,25)16-5-3-4-14(10-16)11-27-21(30)19-8-9-20(29)28(19)13-15-12-26-18-7-2-1-6-17(15)18/h1-7,10,12,19,26H,8-9,11,13H2,(H,27,30). The average Bonchev–Trinajstić information content (AvgIpc) is 3.30. The van der Waals surface area contributed by atoms with Crippen LogP contribution < -0.4 is 5.32 Å². The second-order valence-electron chi connectivity index (χ2n) is 7.35. The van der Waals surface area contributed by atoms with Crippen LogP contribution in [-0.4, -0.2) is 27.7 Å². The van der Waals surface area contributed by atoms with Crippen molar-refractivity contribution in [3.8, 4) is 0 Å². The van der Waals surface area contributed by atoms with E-state index in [2.05, 4.69) is 10.3 Å². The van der Waals surface area contributed by atoms with Crippen molar-refractivity contribution in [1.29, 1.82) is 0 Å². The van der Waals surface area contributed by atoms with Crippen LogP contribution in [0.15, 0.2) is 54.7 Å². The molecule has 1 unspecified atom stereocenters. The summed E-state index contributed by atoms with van der Waals surface area (Å²) in [4.78, 5) is 29.8. The number of para-hydroxylation sites is 1. The van der Waals surface area contributed by atoms with Gasteiger partial charge in [0.1, 0.15) is 6.04 Å². The molecule has 2 aromatic carbocycles. The normalized spacial score (nSPS) is 17.0. The number of benzene rings is 2. The molecule has 2 N–H and O–H groups in total. The minimum atomic E-state index is -4.44. The van der Waals surface area contributed by atoms with Gasteiger partial charge in [-0.25, -0.2) is 0 Å². The highest BCUT2D eigenvalue weighted by Crippen LogP contribution is 2.30. The molecular weight excluding hydrogens is 395 g/mol. The molecule has 5 nitrogen and oxygen atoms in total. The maximum absolute atomic E-state index is 12.9. The first-order valence-electron chi connectivity index (χ1n) is 9.61. The SMILES string of the molecule is O=C(NCc1cccc(C(F)(F)F)c1)C1CCC(=O)N1Cc1c[nH]c2ccccc12. The fraction of sp³-hybridized carbons (Fsp3) is 0.273.